The third kappa shape index (κ3) is 2.94. The maximum atomic E-state index is 9.34. The molecule has 2 aromatic heterocycles. The van der Waals surface area contributed by atoms with Crippen molar-refractivity contribution in [1.29, 1.82) is 0 Å². The second-order valence-corrected chi connectivity index (χ2v) is 6.02. The van der Waals surface area contributed by atoms with Gasteiger partial charge in [-0.3, -0.25) is 0 Å². The molecule has 3 rings (SSSR count). The molecule has 1 N–H and O–H groups in total. The highest BCUT2D eigenvalue weighted by molar-refractivity contribution is 5.76. The molecule has 0 radical (unpaired) electrons. The van der Waals surface area contributed by atoms with E-state index >= 15 is 0 Å². The number of aliphatic hydroxyl groups excluding tert-OH is 1. The molecule has 24 heavy (non-hydrogen) atoms. The van der Waals surface area contributed by atoms with E-state index in [1.165, 1.54) is 0 Å². The first kappa shape index (κ1) is 16.6. The molecular formula is C18H25N5O. The summed E-state index contributed by atoms with van der Waals surface area (Å²) in [5.41, 5.74) is 2.15. The number of para-hydroxylation sites is 2. The SMILES string of the molecule is CCCc1nc2ccccc2n1C(CC)c1nc(C)nn1CCO. The molecule has 1 aromatic carbocycles. The summed E-state index contributed by atoms with van der Waals surface area (Å²) in [5.74, 6) is 2.71. The van der Waals surface area contributed by atoms with Crippen LogP contribution in [0.3, 0.4) is 0 Å². The topological polar surface area (TPSA) is 68.8 Å². The third-order valence-corrected chi connectivity index (χ3v) is 4.26. The second-order valence-electron chi connectivity index (χ2n) is 6.02. The number of imidazole rings is 1. The first-order chi connectivity index (χ1) is 11.7. The summed E-state index contributed by atoms with van der Waals surface area (Å²) in [4.78, 5) is 9.49. The minimum Gasteiger partial charge on any atom is -0.394 e. The van der Waals surface area contributed by atoms with Gasteiger partial charge in [0.05, 0.1) is 30.2 Å². The van der Waals surface area contributed by atoms with Gasteiger partial charge in [0.25, 0.3) is 0 Å². The summed E-state index contributed by atoms with van der Waals surface area (Å²) in [6.45, 7) is 6.73. The summed E-state index contributed by atoms with van der Waals surface area (Å²) in [5, 5.41) is 13.8. The number of benzene rings is 1. The van der Waals surface area contributed by atoms with Crippen LogP contribution in [-0.2, 0) is 13.0 Å². The molecular weight excluding hydrogens is 302 g/mol. The molecule has 0 amide bonds. The average molecular weight is 327 g/mol. The van der Waals surface area contributed by atoms with Gasteiger partial charge in [0.1, 0.15) is 17.5 Å². The molecule has 0 saturated carbocycles. The first-order valence-electron chi connectivity index (χ1n) is 8.67. The van der Waals surface area contributed by atoms with E-state index < -0.39 is 0 Å². The van der Waals surface area contributed by atoms with Crippen molar-refractivity contribution >= 4 is 11.0 Å². The molecule has 2 heterocycles. The van der Waals surface area contributed by atoms with Crippen molar-refractivity contribution in [3.63, 3.8) is 0 Å². The van der Waals surface area contributed by atoms with Gasteiger partial charge in [0.2, 0.25) is 0 Å². The second kappa shape index (κ2) is 7.13. The van der Waals surface area contributed by atoms with E-state index in [4.69, 9.17) is 4.98 Å². The molecule has 0 saturated heterocycles. The molecule has 1 atom stereocenters. The van der Waals surface area contributed by atoms with Crippen LogP contribution in [0.5, 0.6) is 0 Å². The predicted octanol–water partition coefficient (Wildman–Crippen LogP) is 2.88. The van der Waals surface area contributed by atoms with Gasteiger partial charge in [0, 0.05) is 6.42 Å². The minimum absolute atomic E-state index is 0.0543. The molecule has 0 bridgehead atoms. The summed E-state index contributed by atoms with van der Waals surface area (Å²) in [7, 11) is 0. The van der Waals surface area contributed by atoms with Gasteiger partial charge < -0.3 is 9.67 Å². The molecule has 6 heteroatoms. The van der Waals surface area contributed by atoms with Crippen LogP contribution >= 0.6 is 0 Å². The van der Waals surface area contributed by atoms with E-state index in [2.05, 4.69) is 40.6 Å². The third-order valence-electron chi connectivity index (χ3n) is 4.26. The Morgan fingerprint density at radius 2 is 1.96 bits per heavy atom. The minimum atomic E-state index is 0.0543. The number of rotatable bonds is 7. The van der Waals surface area contributed by atoms with Crippen molar-refractivity contribution in [3.05, 3.63) is 41.7 Å². The van der Waals surface area contributed by atoms with Crippen LogP contribution in [0.1, 0.15) is 50.2 Å². The van der Waals surface area contributed by atoms with E-state index in [1.54, 1.807) is 0 Å². The summed E-state index contributed by atoms with van der Waals surface area (Å²) in [6.07, 6.45) is 2.86. The molecule has 6 nitrogen and oxygen atoms in total. The molecule has 3 aromatic rings. The fourth-order valence-electron chi connectivity index (χ4n) is 3.30. The van der Waals surface area contributed by atoms with Gasteiger partial charge in [-0.05, 0) is 31.9 Å². The zero-order valence-corrected chi connectivity index (χ0v) is 14.6. The van der Waals surface area contributed by atoms with Gasteiger partial charge >= 0.3 is 0 Å². The fourth-order valence-corrected chi connectivity index (χ4v) is 3.30. The van der Waals surface area contributed by atoms with Crippen LogP contribution in [0.15, 0.2) is 24.3 Å². The average Bonchev–Trinajstić information content (AvgIpc) is 3.11. The Bertz CT molecular complexity index is 820. The smallest absolute Gasteiger partial charge is 0.150 e. The molecule has 0 fully saturated rings. The number of hydrogen-bond donors (Lipinski definition) is 1. The van der Waals surface area contributed by atoms with Crippen LogP contribution in [0.25, 0.3) is 11.0 Å². The predicted molar refractivity (Wildman–Crippen MR) is 94.0 cm³/mol. The Labute approximate surface area is 142 Å². The Morgan fingerprint density at radius 3 is 2.67 bits per heavy atom. The number of hydrogen-bond acceptors (Lipinski definition) is 4. The lowest BCUT2D eigenvalue weighted by Gasteiger charge is -2.20. The van der Waals surface area contributed by atoms with E-state index in [-0.39, 0.29) is 12.6 Å². The van der Waals surface area contributed by atoms with Crippen molar-refractivity contribution in [3.8, 4) is 0 Å². The lowest BCUT2D eigenvalue weighted by Crippen LogP contribution is -2.19. The van der Waals surface area contributed by atoms with Crippen LogP contribution < -0.4 is 0 Å². The summed E-state index contributed by atoms with van der Waals surface area (Å²) in [6, 6.07) is 8.30. The van der Waals surface area contributed by atoms with E-state index in [1.807, 2.05) is 23.7 Å². The van der Waals surface area contributed by atoms with Gasteiger partial charge in [-0.2, -0.15) is 5.10 Å². The highest BCUT2D eigenvalue weighted by Gasteiger charge is 2.24. The van der Waals surface area contributed by atoms with E-state index in [0.717, 1.165) is 47.8 Å². The van der Waals surface area contributed by atoms with E-state index in [0.29, 0.717) is 6.54 Å². The molecule has 0 aliphatic rings. The Morgan fingerprint density at radius 1 is 1.17 bits per heavy atom. The Kier molecular flexibility index (Phi) is 4.94. The summed E-state index contributed by atoms with van der Waals surface area (Å²) >= 11 is 0. The van der Waals surface area contributed by atoms with Gasteiger partial charge in [-0.15, -0.1) is 0 Å². The molecule has 0 spiro atoms. The first-order valence-corrected chi connectivity index (χ1v) is 8.67. The zero-order chi connectivity index (χ0) is 17.1. The molecule has 0 aliphatic heterocycles. The highest BCUT2D eigenvalue weighted by atomic mass is 16.3. The Balaban J connectivity index is 2.17. The van der Waals surface area contributed by atoms with Gasteiger partial charge in [-0.1, -0.05) is 26.0 Å². The van der Waals surface area contributed by atoms with Crippen molar-refractivity contribution < 1.29 is 5.11 Å². The zero-order valence-electron chi connectivity index (χ0n) is 14.6. The Hall–Kier alpha value is -2.21. The van der Waals surface area contributed by atoms with Crippen molar-refractivity contribution in [2.45, 2.75) is 52.6 Å². The quantitative estimate of drug-likeness (QED) is 0.724. The number of nitrogens with zero attached hydrogens (tertiary/aromatic N) is 5. The number of aromatic nitrogens is 5. The lowest BCUT2D eigenvalue weighted by atomic mass is 10.1. The van der Waals surface area contributed by atoms with Crippen molar-refractivity contribution in [1.82, 2.24) is 24.3 Å². The maximum Gasteiger partial charge on any atom is 0.150 e. The van der Waals surface area contributed by atoms with Crippen LogP contribution in [0, 0.1) is 6.92 Å². The molecule has 0 aliphatic carbocycles. The van der Waals surface area contributed by atoms with Crippen LogP contribution in [0.4, 0.5) is 0 Å². The monoisotopic (exact) mass is 327 g/mol. The normalized spacial score (nSPS) is 12.8. The van der Waals surface area contributed by atoms with Crippen molar-refractivity contribution in [2.24, 2.45) is 0 Å². The largest absolute Gasteiger partial charge is 0.394 e. The van der Waals surface area contributed by atoms with Gasteiger partial charge in [0.15, 0.2) is 0 Å². The van der Waals surface area contributed by atoms with E-state index in [9.17, 15) is 5.11 Å². The number of fused-ring (bicyclic) bond motifs is 1. The van der Waals surface area contributed by atoms with Crippen molar-refractivity contribution in [2.75, 3.05) is 6.61 Å². The highest BCUT2D eigenvalue weighted by Crippen LogP contribution is 2.28. The van der Waals surface area contributed by atoms with Gasteiger partial charge in [-0.25, -0.2) is 14.6 Å². The number of aryl methyl sites for hydroxylation is 2. The fraction of sp³-hybridized carbons (Fsp3) is 0.500. The standard InChI is InChI=1S/C18H25N5O/c1-4-8-17-20-14-9-6-7-10-16(14)23(17)15(5-2)18-19-13(3)21-22(18)11-12-24/h6-7,9-10,15,24H,4-5,8,11-12H2,1-3H3. The molecule has 1 unspecified atom stereocenters. The maximum absolute atomic E-state index is 9.34. The van der Waals surface area contributed by atoms with Crippen LogP contribution in [0.2, 0.25) is 0 Å². The van der Waals surface area contributed by atoms with Crippen LogP contribution in [-0.4, -0.2) is 36.0 Å². The number of aliphatic hydroxyl groups is 1. The molecule has 128 valence electrons. The summed E-state index contributed by atoms with van der Waals surface area (Å²) < 4.78 is 4.13. The lowest BCUT2D eigenvalue weighted by molar-refractivity contribution is 0.264.